The van der Waals surface area contributed by atoms with E-state index in [4.69, 9.17) is 14.6 Å². The number of hydrogen-bond donors (Lipinski definition) is 2. The molecule has 11 heteroatoms. The van der Waals surface area contributed by atoms with Crippen LogP contribution in [0.1, 0.15) is 42.6 Å². The van der Waals surface area contributed by atoms with Gasteiger partial charge in [0.2, 0.25) is 0 Å². The number of nitrogens with zero attached hydrogens (tertiary/aromatic N) is 6. The van der Waals surface area contributed by atoms with Crippen molar-refractivity contribution in [3.8, 4) is 23.0 Å². The first kappa shape index (κ1) is 29.2. The van der Waals surface area contributed by atoms with Gasteiger partial charge in [-0.15, -0.1) is 0 Å². The molecule has 0 bridgehead atoms. The Balaban J connectivity index is 1.43. The molecule has 4 heterocycles. The summed E-state index contributed by atoms with van der Waals surface area (Å²) >= 11 is 0. The number of carbonyl (C=O) groups is 1. The number of anilines is 1. The number of carbonyl (C=O) groups excluding carboxylic acids is 1. The van der Waals surface area contributed by atoms with E-state index in [1.165, 1.54) is 0 Å². The SMILES string of the molecule is CCOc1ncc(-c2nn(-c3ccccc3)c(NC(=O)N[C@@H]3C[C@@H](CCOC)N(C)[C@H]3c3ccnc(C)c3)c2C)cn1. The van der Waals surface area contributed by atoms with Gasteiger partial charge in [0, 0.05) is 55.2 Å². The lowest BCUT2D eigenvalue weighted by Crippen LogP contribution is -2.41. The number of pyridine rings is 1. The molecule has 0 aliphatic carbocycles. The first-order chi connectivity index (χ1) is 20.4. The lowest BCUT2D eigenvalue weighted by atomic mass is 10.00. The zero-order chi connectivity index (χ0) is 29.6. The summed E-state index contributed by atoms with van der Waals surface area (Å²) in [5, 5.41) is 11.3. The predicted molar refractivity (Wildman–Crippen MR) is 161 cm³/mol. The third-order valence-corrected chi connectivity index (χ3v) is 7.69. The van der Waals surface area contributed by atoms with E-state index in [-0.39, 0.29) is 24.2 Å². The Bertz CT molecular complexity index is 1490. The minimum atomic E-state index is -0.300. The van der Waals surface area contributed by atoms with Gasteiger partial charge < -0.3 is 14.8 Å². The molecule has 42 heavy (non-hydrogen) atoms. The molecule has 11 nitrogen and oxygen atoms in total. The van der Waals surface area contributed by atoms with Gasteiger partial charge in [0.1, 0.15) is 11.5 Å². The van der Waals surface area contributed by atoms with Gasteiger partial charge in [0.15, 0.2) is 0 Å². The van der Waals surface area contributed by atoms with E-state index in [1.807, 2.05) is 63.4 Å². The van der Waals surface area contributed by atoms with E-state index in [0.29, 0.717) is 30.7 Å². The molecule has 0 spiro atoms. The van der Waals surface area contributed by atoms with Gasteiger partial charge in [-0.2, -0.15) is 5.10 Å². The van der Waals surface area contributed by atoms with Crippen molar-refractivity contribution >= 4 is 11.8 Å². The molecule has 1 aliphatic heterocycles. The van der Waals surface area contributed by atoms with Crippen LogP contribution in [-0.2, 0) is 4.74 Å². The van der Waals surface area contributed by atoms with Crippen molar-refractivity contribution in [1.29, 1.82) is 0 Å². The molecule has 0 saturated carbocycles. The summed E-state index contributed by atoms with van der Waals surface area (Å²) in [6.07, 6.45) is 6.86. The maximum absolute atomic E-state index is 13.7. The number of amides is 2. The summed E-state index contributed by atoms with van der Waals surface area (Å²) < 4.78 is 12.5. The molecule has 2 amide bonds. The zero-order valence-electron chi connectivity index (χ0n) is 24.7. The summed E-state index contributed by atoms with van der Waals surface area (Å²) in [4.78, 5) is 29.0. The van der Waals surface area contributed by atoms with Crippen LogP contribution in [-0.4, -0.2) is 75.1 Å². The summed E-state index contributed by atoms with van der Waals surface area (Å²) in [5.74, 6) is 0.571. The third-order valence-electron chi connectivity index (χ3n) is 7.69. The quantitative estimate of drug-likeness (QED) is 0.281. The highest BCUT2D eigenvalue weighted by atomic mass is 16.5. The molecular formula is C31H38N8O3. The van der Waals surface area contributed by atoms with Crippen LogP contribution in [0.15, 0.2) is 61.1 Å². The number of rotatable bonds is 10. The average molecular weight is 571 g/mol. The molecule has 220 valence electrons. The minimum Gasteiger partial charge on any atom is -0.464 e. The first-order valence-electron chi connectivity index (χ1n) is 14.2. The normalized spacial score (nSPS) is 18.6. The second kappa shape index (κ2) is 13.1. The Morgan fingerprint density at radius 1 is 1.10 bits per heavy atom. The molecule has 0 unspecified atom stereocenters. The van der Waals surface area contributed by atoms with Gasteiger partial charge in [-0.05, 0) is 70.5 Å². The highest BCUT2D eigenvalue weighted by Gasteiger charge is 2.40. The highest BCUT2D eigenvalue weighted by Crippen LogP contribution is 2.37. The van der Waals surface area contributed by atoms with Gasteiger partial charge in [-0.25, -0.2) is 19.4 Å². The number of likely N-dealkylation sites (tertiary alicyclic amines) is 1. The summed E-state index contributed by atoms with van der Waals surface area (Å²) in [7, 11) is 3.83. The molecule has 3 aromatic heterocycles. The minimum absolute atomic E-state index is 0.00370. The third kappa shape index (κ3) is 6.27. The maximum atomic E-state index is 13.7. The Labute approximate surface area is 246 Å². The number of para-hydroxylation sites is 1. The molecule has 4 aromatic rings. The van der Waals surface area contributed by atoms with Gasteiger partial charge in [0.05, 0.1) is 24.4 Å². The number of aryl methyl sites for hydroxylation is 1. The van der Waals surface area contributed by atoms with Crippen LogP contribution in [0.2, 0.25) is 0 Å². The fourth-order valence-corrected chi connectivity index (χ4v) is 5.66. The fraction of sp³-hybridized carbons (Fsp3) is 0.387. The van der Waals surface area contributed by atoms with Crippen molar-refractivity contribution in [3.63, 3.8) is 0 Å². The van der Waals surface area contributed by atoms with Crippen molar-refractivity contribution in [2.75, 3.05) is 32.7 Å². The Morgan fingerprint density at radius 3 is 2.55 bits per heavy atom. The molecular weight excluding hydrogens is 532 g/mol. The van der Waals surface area contributed by atoms with Crippen molar-refractivity contribution in [3.05, 3.63) is 77.9 Å². The van der Waals surface area contributed by atoms with Gasteiger partial charge >= 0.3 is 12.0 Å². The van der Waals surface area contributed by atoms with Crippen molar-refractivity contribution in [2.45, 2.75) is 51.7 Å². The second-order valence-corrected chi connectivity index (χ2v) is 10.5. The van der Waals surface area contributed by atoms with Gasteiger partial charge in [-0.3, -0.25) is 15.2 Å². The maximum Gasteiger partial charge on any atom is 0.320 e. The van der Waals surface area contributed by atoms with Crippen LogP contribution in [0.3, 0.4) is 0 Å². The fourth-order valence-electron chi connectivity index (χ4n) is 5.66. The average Bonchev–Trinajstić information content (AvgIpc) is 3.48. The van der Waals surface area contributed by atoms with E-state index in [2.05, 4.69) is 43.6 Å². The van der Waals surface area contributed by atoms with Crippen LogP contribution in [0.5, 0.6) is 6.01 Å². The van der Waals surface area contributed by atoms with E-state index in [0.717, 1.165) is 40.9 Å². The zero-order valence-corrected chi connectivity index (χ0v) is 24.7. The predicted octanol–water partition coefficient (Wildman–Crippen LogP) is 4.71. The van der Waals surface area contributed by atoms with Crippen LogP contribution in [0, 0.1) is 13.8 Å². The molecule has 3 atom stereocenters. The van der Waals surface area contributed by atoms with Crippen LogP contribution in [0.25, 0.3) is 16.9 Å². The molecule has 1 fully saturated rings. The van der Waals surface area contributed by atoms with Crippen LogP contribution < -0.4 is 15.4 Å². The lowest BCUT2D eigenvalue weighted by Gasteiger charge is -2.28. The topological polar surface area (TPSA) is 119 Å². The molecule has 1 aromatic carbocycles. The lowest BCUT2D eigenvalue weighted by molar-refractivity contribution is 0.150. The largest absolute Gasteiger partial charge is 0.464 e. The molecule has 1 aliphatic rings. The van der Waals surface area contributed by atoms with Gasteiger partial charge in [-0.1, -0.05) is 18.2 Å². The number of urea groups is 1. The van der Waals surface area contributed by atoms with E-state index < -0.39 is 0 Å². The molecule has 0 radical (unpaired) electrons. The monoisotopic (exact) mass is 570 g/mol. The summed E-state index contributed by atoms with van der Waals surface area (Å²) in [6.45, 7) is 6.94. The van der Waals surface area contributed by atoms with E-state index >= 15 is 0 Å². The standard InChI is InChI=1S/C31H38N8O3/c1-6-42-31-33-18-23(19-34-31)27-21(3)29(39(37-27)24-10-8-7-9-11-24)36-30(40)35-26-17-25(13-15-41-5)38(4)28(26)22-12-14-32-20(2)16-22/h7-12,14,16,18-19,25-26,28H,6,13,15,17H2,1-5H3,(H2,35,36,40)/t25-,26-,28+/m1/s1. The molecule has 5 rings (SSSR count). The van der Waals surface area contributed by atoms with E-state index in [1.54, 1.807) is 24.2 Å². The number of nitrogens with one attached hydrogen (secondary N) is 2. The summed E-state index contributed by atoms with van der Waals surface area (Å²) in [6, 6.07) is 14.0. The van der Waals surface area contributed by atoms with Crippen molar-refractivity contribution in [2.24, 2.45) is 0 Å². The molecule has 1 saturated heterocycles. The number of hydrogen-bond acceptors (Lipinski definition) is 8. The Kier molecular flexibility index (Phi) is 9.09. The van der Waals surface area contributed by atoms with Crippen molar-refractivity contribution < 1.29 is 14.3 Å². The number of benzene rings is 1. The number of likely N-dealkylation sites (N-methyl/N-ethyl adjacent to an activating group) is 1. The number of methoxy groups -OCH3 is 1. The Hall–Kier alpha value is -4.35. The second-order valence-electron chi connectivity index (χ2n) is 10.5. The highest BCUT2D eigenvalue weighted by molar-refractivity contribution is 5.91. The van der Waals surface area contributed by atoms with E-state index in [9.17, 15) is 4.79 Å². The van der Waals surface area contributed by atoms with Crippen LogP contribution >= 0.6 is 0 Å². The Morgan fingerprint density at radius 2 is 1.86 bits per heavy atom. The van der Waals surface area contributed by atoms with Crippen molar-refractivity contribution in [1.82, 2.24) is 34.9 Å². The van der Waals surface area contributed by atoms with Crippen LogP contribution in [0.4, 0.5) is 10.6 Å². The summed E-state index contributed by atoms with van der Waals surface area (Å²) in [5.41, 5.74) is 5.07. The number of ether oxygens (including phenoxy) is 2. The van der Waals surface area contributed by atoms with Gasteiger partial charge in [0.25, 0.3) is 0 Å². The first-order valence-corrected chi connectivity index (χ1v) is 14.2. The number of aromatic nitrogens is 5. The smallest absolute Gasteiger partial charge is 0.320 e. The molecule has 2 N–H and O–H groups in total.